The molecule has 2 unspecified atom stereocenters. The van der Waals surface area contributed by atoms with Gasteiger partial charge in [-0.05, 0) is 23.3 Å². The molecular formula is C17H21NO2. The standard InChI is InChI=1S/C17H21NO2/c1-13-9-18-10-16(20-13)12-19-11-15-7-4-6-14-5-2-3-8-17(14)15/h2-8,13,16,18H,9-12H2,1H3. The van der Waals surface area contributed by atoms with E-state index in [2.05, 4.69) is 54.7 Å². The van der Waals surface area contributed by atoms with Crippen LogP contribution in [-0.4, -0.2) is 31.9 Å². The van der Waals surface area contributed by atoms with Crippen molar-refractivity contribution in [2.24, 2.45) is 0 Å². The lowest BCUT2D eigenvalue weighted by atomic mass is 10.1. The molecule has 1 N–H and O–H groups in total. The van der Waals surface area contributed by atoms with Crippen molar-refractivity contribution in [1.82, 2.24) is 5.32 Å². The van der Waals surface area contributed by atoms with Crippen LogP contribution in [-0.2, 0) is 16.1 Å². The number of benzene rings is 2. The second kappa shape index (κ2) is 6.35. The summed E-state index contributed by atoms with van der Waals surface area (Å²) in [5.74, 6) is 0. The van der Waals surface area contributed by atoms with Crippen LogP contribution in [0.5, 0.6) is 0 Å². The van der Waals surface area contributed by atoms with Crippen LogP contribution in [0.4, 0.5) is 0 Å². The predicted octanol–water partition coefficient (Wildman–Crippen LogP) is 2.73. The van der Waals surface area contributed by atoms with Crippen molar-refractivity contribution in [1.29, 1.82) is 0 Å². The van der Waals surface area contributed by atoms with E-state index in [1.807, 2.05) is 0 Å². The fourth-order valence-electron chi connectivity index (χ4n) is 2.69. The van der Waals surface area contributed by atoms with Crippen LogP contribution in [0.1, 0.15) is 12.5 Å². The molecule has 2 atom stereocenters. The summed E-state index contributed by atoms with van der Waals surface area (Å²) in [6.07, 6.45) is 0.434. The topological polar surface area (TPSA) is 30.5 Å². The van der Waals surface area contributed by atoms with E-state index < -0.39 is 0 Å². The van der Waals surface area contributed by atoms with Crippen LogP contribution in [0.15, 0.2) is 42.5 Å². The highest BCUT2D eigenvalue weighted by Gasteiger charge is 2.18. The van der Waals surface area contributed by atoms with Crippen LogP contribution in [0.25, 0.3) is 10.8 Å². The Morgan fingerprint density at radius 1 is 1.15 bits per heavy atom. The van der Waals surface area contributed by atoms with Gasteiger partial charge in [-0.2, -0.15) is 0 Å². The van der Waals surface area contributed by atoms with Crippen LogP contribution < -0.4 is 5.32 Å². The molecule has 2 aromatic rings. The van der Waals surface area contributed by atoms with Gasteiger partial charge in [0.25, 0.3) is 0 Å². The average Bonchev–Trinajstić information content (AvgIpc) is 2.48. The van der Waals surface area contributed by atoms with Crippen LogP contribution in [0.2, 0.25) is 0 Å². The second-order valence-electron chi connectivity index (χ2n) is 5.38. The maximum Gasteiger partial charge on any atom is 0.0936 e. The van der Waals surface area contributed by atoms with Crippen molar-refractivity contribution in [3.63, 3.8) is 0 Å². The molecule has 3 heteroatoms. The van der Waals surface area contributed by atoms with Gasteiger partial charge in [-0.15, -0.1) is 0 Å². The highest BCUT2D eigenvalue weighted by atomic mass is 16.5. The van der Waals surface area contributed by atoms with Gasteiger partial charge in [0.1, 0.15) is 0 Å². The number of fused-ring (bicyclic) bond motifs is 1. The fourth-order valence-corrected chi connectivity index (χ4v) is 2.69. The van der Waals surface area contributed by atoms with Gasteiger partial charge >= 0.3 is 0 Å². The number of ether oxygens (including phenoxy) is 2. The SMILES string of the molecule is CC1CNCC(COCc2cccc3ccccc23)O1. The van der Waals surface area contributed by atoms with E-state index in [1.54, 1.807) is 0 Å². The Morgan fingerprint density at radius 3 is 2.90 bits per heavy atom. The lowest BCUT2D eigenvalue weighted by Gasteiger charge is -2.28. The third-order valence-electron chi connectivity index (χ3n) is 3.67. The van der Waals surface area contributed by atoms with Crippen LogP contribution in [0, 0.1) is 0 Å². The zero-order chi connectivity index (χ0) is 13.8. The summed E-state index contributed by atoms with van der Waals surface area (Å²) in [4.78, 5) is 0. The minimum Gasteiger partial charge on any atom is -0.374 e. The molecule has 2 aromatic carbocycles. The largest absolute Gasteiger partial charge is 0.374 e. The van der Waals surface area contributed by atoms with Crippen molar-refractivity contribution < 1.29 is 9.47 Å². The highest BCUT2D eigenvalue weighted by molar-refractivity contribution is 5.85. The van der Waals surface area contributed by atoms with Gasteiger partial charge in [0.2, 0.25) is 0 Å². The molecule has 1 heterocycles. The van der Waals surface area contributed by atoms with E-state index in [4.69, 9.17) is 9.47 Å². The highest BCUT2D eigenvalue weighted by Crippen LogP contribution is 2.19. The van der Waals surface area contributed by atoms with E-state index in [9.17, 15) is 0 Å². The van der Waals surface area contributed by atoms with E-state index in [0.29, 0.717) is 13.2 Å². The molecule has 1 aliphatic rings. The smallest absolute Gasteiger partial charge is 0.0936 e. The van der Waals surface area contributed by atoms with Crippen LogP contribution in [0.3, 0.4) is 0 Å². The third-order valence-corrected chi connectivity index (χ3v) is 3.67. The number of nitrogens with one attached hydrogen (secondary N) is 1. The molecule has 0 amide bonds. The first-order valence-electron chi connectivity index (χ1n) is 7.23. The van der Waals surface area contributed by atoms with E-state index in [0.717, 1.165) is 13.1 Å². The van der Waals surface area contributed by atoms with Gasteiger partial charge in [-0.1, -0.05) is 42.5 Å². The zero-order valence-electron chi connectivity index (χ0n) is 11.8. The Morgan fingerprint density at radius 2 is 2.00 bits per heavy atom. The molecule has 106 valence electrons. The fraction of sp³-hybridized carbons (Fsp3) is 0.412. The Hall–Kier alpha value is -1.42. The third kappa shape index (κ3) is 3.18. The molecule has 1 aliphatic heterocycles. The lowest BCUT2D eigenvalue weighted by molar-refractivity contribution is -0.0715. The van der Waals surface area contributed by atoms with Gasteiger partial charge < -0.3 is 14.8 Å². The molecule has 3 nitrogen and oxygen atoms in total. The van der Waals surface area contributed by atoms with Crippen molar-refractivity contribution >= 4 is 10.8 Å². The molecule has 0 aromatic heterocycles. The Bertz CT molecular complexity index is 564. The monoisotopic (exact) mass is 271 g/mol. The van der Waals surface area contributed by atoms with Gasteiger partial charge in [-0.3, -0.25) is 0 Å². The normalized spacial score (nSPS) is 23.1. The summed E-state index contributed by atoms with van der Waals surface area (Å²) in [6, 6.07) is 14.8. The first kappa shape index (κ1) is 13.6. The molecular weight excluding hydrogens is 250 g/mol. The van der Waals surface area contributed by atoms with Gasteiger partial charge in [-0.25, -0.2) is 0 Å². The average molecular weight is 271 g/mol. The first-order valence-corrected chi connectivity index (χ1v) is 7.23. The maximum absolute atomic E-state index is 5.85. The molecule has 0 saturated carbocycles. The molecule has 0 radical (unpaired) electrons. The maximum atomic E-state index is 5.85. The number of hydrogen-bond donors (Lipinski definition) is 1. The minimum absolute atomic E-state index is 0.161. The summed E-state index contributed by atoms with van der Waals surface area (Å²) in [7, 11) is 0. The molecule has 3 rings (SSSR count). The first-order chi connectivity index (χ1) is 9.83. The van der Waals surface area contributed by atoms with E-state index in [-0.39, 0.29) is 12.2 Å². The Balaban J connectivity index is 1.60. The van der Waals surface area contributed by atoms with Gasteiger partial charge in [0.15, 0.2) is 0 Å². The Kier molecular flexibility index (Phi) is 4.31. The number of rotatable bonds is 4. The van der Waals surface area contributed by atoms with E-state index in [1.165, 1.54) is 16.3 Å². The van der Waals surface area contributed by atoms with Crippen molar-refractivity contribution in [2.75, 3.05) is 19.7 Å². The summed E-state index contributed by atoms with van der Waals surface area (Å²) < 4.78 is 11.7. The summed E-state index contributed by atoms with van der Waals surface area (Å²) in [6.45, 7) is 5.17. The van der Waals surface area contributed by atoms with Crippen LogP contribution >= 0.6 is 0 Å². The molecule has 20 heavy (non-hydrogen) atoms. The minimum atomic E-state index is 0.161. The summed E-state index contributed by atoms with van der Waals surface area (Å²) in [5.41, 5.74) is 1.24. The van der Waals surface area contributed by atoms with Gasteiger partial charge in [0.05, 0.1) is 25.4 Å². The molecule has 1 saturated heterocycles. The van der Waals surface area contributed by atoms with Crippen molar-refractivity contribution in [3.8, 4) is 0 Å². The predicted molar refractivity (Wildman–Crippen MR) is 80.8 cm³/mol. The van der Waals surface area contributed by atoms with Gasteiger partial charge in [0, 0.05) is 13.1 Å². The summed E-state index contributed by atoms with van der Waals surface area (Å²) in [5, 5.41) is 5.89. The van der Waals surface area contributed by atoms with E-state index >= 15 is 0 Å². The quantitative estimate of drug-likeness (QED) is 0.927. The van der Waals surface area contributed by atoms with Crippen molar-refractivity contribution in [3.05, 3.63) is 48.0 Å². The molecule has 0 aliphatic carbocycles. The molecule has 1 fully saturated rings. The van der Waals surface area contributed by atoms with Crippen molar-refractivity contribution in [2.45, 2.75) is 25.7 Å². The second-order valence-corrected chi connectivity index (χ2v) is 5.38. The summed E-state index contributed by atoms with van der Waals surface area (Å²) >= 11 is 0. The molecule has 0 bridgehead atoms. The molecule has 0 spiro atoms. The number of hydrogen-bond acceptors (Lipinski definition) is 3. The Labute approximate surface area is 119 Å². The zero-order valence-corrected chi connectivity index (χ0v) is 11.8. The lowest BCUT2D eigenvalue weighted by Crippen LogP contribution is -2.45. The number of morpholine rings is 1.